The lowest BCUT2D eigenvalue weighted by atomic mass is 10.1. The largest absolute Gasteiger partial charge is 0.493 e. The van der Waals surface area contributed by atoms with Crippen molar-refractivity contribution in [3.8, 4) is 11.5 Å². The van der Waals surface area contributed by atoms with Crippen LogP contribution in [0.1, 0.15) is 16.7 Å². The number of barbiturate groups is 1. The van der Waals surface area contributed by atoms with E-state index >= 15 is 0 Å². The molecule has 3 aromatic rings. The Morgan fingerprint density at radius 2 is 1.83 bits per heavy atom. The molecule has 4 amide bonds. The number of nitrogens with one attached hydrogen (secondary N) is 1. The summed E-state index contributed by atoms with van der Waals surface area (Å²) in [6.45, 7) is 2.36. The number of para-hydroxylation sites is 1. The van der Waals surface area contributed by atoms with E-state index in [0.29, 0.717) is 23.7 Å². The fraction of sp³-hybridized carbons (Fsp3) is 0.115. The molecule has 7 nitrogen and oxygen atoms in total. The Kier molecular flexibility index (Phi) is 7.42. The predicted octanol–water partition coefficient (Wildman–Crippen LogP) is 5.51. The van der Waals surface area contributed by atoms with Gasteiger partial charge in [-0.3, -0.25) is 14.9 Å². The van der Waals surface area contributed by atoms with Crippen LogP contribution >= 0.6 is 34.2 Å². The van der Waals surface area contributed by atoms with Gasteiger partial charge >= 0.3 is 6.03 Å². The van der Waals surface area contributed by atoms with Crippen molar-refractivity contribution in [1.82, 2.24) is 5.32 Å². The summed E-state index contributed by atoms with van der Waals surface area (Å²) < 4.78 is 12.3. The number of amides is 4. The quantitative estimate of drug-likeness (QED) is 0.229. The molecule has 4 rings (SSSR count). The van der Waals surface area contributed by atoms with Gasteiger partial charge in [-0.2, -0.15) is 0 Å². The highest BCUT2D eigenvalue weighted by molar-refractivity contribution is 14.1. The first kappa shape index (κ1) is 24.7. The molecule has 178 valence electrons. The second kappa shape index (κ2) is 10.5. The van der Waals surface area contributed by atoms with E-state index in [9.17, 15) is 14.4 Å². The number of imide groups is 2. The molecule has 0 aliphatic carbocycles. The van der Waals surface area contributed by atoms with E-state index in [4.69, 9.17) is 21.1 Å². The Morgan fingerprint density at radius 3 is 2.54 bits per heavy atom. The fourth-order valence-corrected chi connectivity index (χ4v) is 4.60. The molecule has 0 saturated carbocycles. The number of carbonyl (C=O) groups excluding carboxylic acids is 3. The molecule has 0 aromatic heterocycles. The highest BCUT2D eigenvalue weighted by Gasteiger charge is 2.37. The van der Waals surface area contributed by atoms with Crippen molar-refractivity contribution in [2.75, 3.05) is 12.0 Å². The van der Waals surface area contributed by atoms with Crippen molar-refractivity contribution in [2.24, 2.45) is 0 Å². The second-order valence-electron chi connectivity index (χ2n) is 7.72. The minimum atomic E-state index is -0.864. The molecule has 0 radical (unpaired) electrons. The standard InChI is InChI=1S/C26H20ClIN2O5/c1-15-6-5-7-16(10-15)14-35-23-20(28)12-17(13-22(23)34-2)11-18-24(31)29-26(33)30(25(18)32)21-9-4-3-8-19(21)27/h3-13H,14H2,1-2H3,(H,29,31,33)/b18-11+. The van der Waals surface area contributed by atoms with Crippen molar-refractivity contribution in [3.05, 3.63) is 91.5 Å². The molecule has 0 bridgehead atoms. The molecular weight excluding hydrogens is 583 g/mol. The van der Waals surface area contributed by atoms with Gasteiger partial charge < -0.3 is 9.47 Å². The number of benzene rings is 3. The molecule has 1 aliphatic rings. The first-order chi connectivity index (χ1) is 16.8. The predicted molar refractivity (Wildman–Crippen MR) is 142 cm³/mol. The van der Waals surface area contributed by atoms with Crippen LogP contribution in [0, 0.1) is 10.5 Å². The van der Waals surface area contributed by atoms with Gasteiger partial charge in [-0.15, -0.1) is 0 Å². The molecule has 1 N–H and O–H groups in total. The highest BCUT2D eigenvalue weighted by Crippen LogP contribution is 2.36. The molecule has 35 heavy (non-hydrogen) atoms. The summed E-state index contributed by atoms with van der Waals surface area (Å²) in [4.78, 5) is 39.0. The van der Waals surface area contributed by atoms with E-state index in [2.05, 4.69) is 27.9 Å². The van der Waals surface area contributed by atoms with Crippen LogP contribution in [-0.2, 0) is 16.2 Å². The second-order valence-corrected chi connectivity index (χ2v) is 9.29. The number of methoxy groups -OCH3 is 1. The molecule has 1 saturated heterocycles. The third kappa shape index (κ3) is 5.33. The zero-order chi connectivity index (χ0) is 25.1. The minimum absolute atomic E-state index is 0.183. The van der Waals surface area contributed by atoms with Gasteiger partial charge in [0, 0.05) is 0 Å². The van der Waals surface area contributed by atoms with E-state index in [1.807, 2.05) is 31.2 Å². The van der Waals surface area contributed by atoms with Gasteiger partial charge in [0.2, 0.25) is 0 Å². The zero-order valence-corrected chi connectivity index (χ0v) is 21.7. The number of aryl methyl sites for hydroxylation is 1. The van der Waals surface area contributed by atoms with Crippen molar-refractivity contribution in [1.29, 1.82) is 0 Å². The number of urea groups is 1. The van der Waals surface area contributed by atoms with Gasteiger partial charge in [0.05, 0.1) is 21.4 Å². The molecule has 0 spiro atoms. The lowest BCUT2D eigenvalue weighted by Gasteiger charge is -2.27. The van der Waals surface area contributed by atoms with E-state index in [0.717, 1.165) is 19.6 Å². The Bertz CT molecular complexity index is 1370. The maximum atomic E-state index is 13.2. The molecule has 1 heterocycles. The van der Waals surface area contributed by atoms with E-state index < -0.39 is 17.8 Å². The van der Waals surface area contributed by atoms with Crippen LogP contribution in [0.15, 0.2) is 66.2 Å². The van der Waals surface area contributed by atoms with Gasteiger partial charge in [0.25, 0.3) is 11.8 Å². The number of halogens is 2. The average Bonchev–Trinajstić information content (AvgIpc) is 2.82. The summed E-state index contributed by atoms with van der Waals surface area (Å²) >= 11 is 8.29. The summed E-state index contributed by atoms with van der Waals surface area (Å²) in [5, 5.41) is 2.40. The maximum absolute atomic E-state index is 13.2. The Hall–Kier alpha value is -3.37. The van der Waals surface area contributed by atoms with Crippen LogP contribution in [-0.4, -0.2) is 25.0 Å². The monoisotopic (exact) mass is 602 g/mol. The van der Waals surface area contributed by atoms with Gasteiger partial charge in [0.1, 0.15) is 12.2 Å². The number of carbonyl (C=O) groups is 3. The maximum Gasteiger partial charge on any atom is 0.335 e. The van der Waals surface area contributed by atoms with E-state index in [1.165, 1.54) is 19.3 Å². The third-order valence-electron chi connectivity index (χ3n) is 5.22. The lowest BCUT2D eigenvalue weighted by molar-refractivity contribution is -0.122. The summed E-state index contributed by atoms with van der Waals surface area (Å²) in [5.41, 5.74) is 2.65. The lowest BCUT2D eigenvalue weighted by Crippen LogP contribution is -2.54. The first-order valence-corrected chi connectivity index (χ1v) is 12.0. The van der Waals surface area contributed by atoms with Crippen LogP contribution in [0.3, 0.4) is 0 Å². The van der Waals surface area contributed by atoms with Crippen LogP contribution in [0.5, 0.6) is 11.5 Å². The van der Waals surface area contributed by atoms with Crippen molar-refractivity contribution in [2.45, 2.75) is 13.5 Å². The molecule has 0 atom stereocenters. The number of hydrogen-bond acceptors (Lipinski definition) is 5. The summed E-state index contributed by atoms with van der Waals surface area (Å²) in [6.07, 6.45) is 1.41. The molecule has 9 heteroatoms. The highest BCUT2D eigenvalue weighted by atomic mass is 127. The van der Waals surface area contributed by atoms with Gasteiger partial charge in [-0.1, -0.05) is 53.6 Å². The number of nitrogens with zero attached hydrogens (tertiary/aromatic N) is 1. The Labute approximate surface area is 220 Å². The van der Waals surface area contributed by atoms with Crippen LogP contribution in [0.2, 0.25) is 5.02 Å². The molecule has 3 aromatic carbocycles. The zero-order valence-electron chi connectivity index (χ0n) is 18.8. The normalized spacial score (nSPS) is 14.8. The van der Waals surface area contributed by atoms with Gasteiger partial charge in [-0.05, 0) is 71.0 Å². The van der Waals surface area contributed by atoms with Crippen molar-refractivity contribution < 1.29 is 23.9 Å². The number of anilines is 1. The third-order valence-corrected chi connectivity index (χ3v) is 6.34. The topological polar surface area (TPSA) is 84.9 Å². The van der Waals surface area contributed by atoms with Crippen LogP contribution < -0.4 is 19.7 Å². The van der Waals surface area contributed by atoms with Crippen molar-refractivity contribution >= 4 is 63.8 Å². The Morgan fingerprint density at radius 1 is 1.06 bits per heavy atom. The number of hydrogen-bond donors (Lipinski definition) is 1. The average molecular weight is 603 g/mol. The molecule has 1 aliphatic heterocycles. The van der Waals surface area contributed by atoms with Gasteiger partial charge in [0.15, 0.2) is 11.5 Å². The summed E-state index contributed by atoms with van der Waals surface area (Å²) in [5.74, 6) is -0.583. The smallest absolute Gasteiger partial charge is 0.335 e. The minimum Gasteiger partial charge on any atom is -0.493 e. The fourth-order valence-electron chi connectivity index (χ4n) is 3.60. The summed E-state index contributed by atoms with van der Waals surface area (Å²) in [6, 6.07) is 17.0. The molecule has 1 fully saturated rings. The van der Waals surface area contributed by atoms with Crippen molar-refractivity contribution in [3.63, 3.8) is 0 Å². The van der Waals surface area contributed by atoms with E-state index in [1.54, 1.807) is 30.3 Å². The van der Waals surface area contributed by atoms with E-state index in [-0.39, 0.29) is 16.3 Å². The van der Waals surface area contributed by atoms with Crippen LogP contribution in [0.25, 0.3) is 6.08 Å². The van der Waals surface area contributed by atoms with Gasteiger partial charge in [-0.25, -0.2) is 9.69 Å². The van der Waals surface area contributed by atoms with Crippen LogP contribution in [0.4, 0.5) is 10.5 Å². The number of ether oxygens (including phenoxy) is 2. The first-order valence-electron chi connectivity index (χ1n) is 10.5. The Balaban J connectivity index is 1.65. The molecule has 0 unspecified atom stereocenters. The molecular formula is C26H20ClIN2O5. The number of rotatable bonds is 6. The summed E-state index contributed by atoms with van der Waals surface area (Å²) in [7, 11) is 1.51. The SMILES string of the molecule is COc1cc(/C=C2\C(=O)NC(=O)N(c3ccccc3Cl)C2=O)cc(I)c1OCc1cccc(C)c1.